The first-order valence-corrected chi connectivity index (χ1v) is 9.11. The highest BCUT2D eigenvalue weighted by atomic mass is 16.5. The Balaban J connectivity index is 1.61. The van der Waals surface area contributed by atoms with E-state index in [-0.39, 0.29) is 18.2 Å². The summed E-state index contributed by atoms with van der Waals surface area (Å²) in [5.74, 6) is 0.946. The van der Waals surface area contributed by atoms with Crippen molar-refractivity contribution >= 4 is 17.6 Å². The summed E-state index contributed by atoms with van der Waals surface area (Å²) in [6, 6.07) is 7.87. The minimum atomic E-state index is -0.966. The number of ether oxygens (including phenoxy) is 1. The van der Waals surface area contributed by atoms with E-state index in [0.717, 1.165) is 29.7 Å². The lowest BCUT2D eigenvalue weighted by Crippen LogP contribution is -2.60. The summed E-state index contributed by atoms with van der Waals surface area (Å²) in [6.07, 6.45) is 7.22. The van der Waals surface area contributed by atoms with Gasteiger partial charge < -0.3 is 15.0 Å². The molecule has 1 aromatic rings. The molecule has 2 aliphatic rings. The first kappa shape index (κ1) is 18.9. The van der Waals surface area contributed by atoms with Gasteiger partial charge in [0.05, 0.1) is 13.5 Å². The minimum Gasteiger partial charge on any atom is -0.496 e. The van der Waals surface area contributed by atoms with Crippen LogP contribution in [0.4, 0.5) is 0 Å². The molecular formula is C21H25N3O3. The van der Waals surface area contributed by atoms with Crippen molar-refractivity contribution < 1.29 is 14.3 Å². The molecule has 0 spiro atoms. The van der Waals surface area contributed by atoms with Crippen molar-refractivity contribution in [2.45, 2.75) is 38.6 Å². The third-order valence-electron chi connectivity index (χ3n) is 4.95. The van der Waals surface area contributed by atoms with Crippen LogP contribution >= 0.6 is 0 Å². The number of carbonyl (C=O) groups excluding carboxylic acids is 2. The van der Waals surface area contributed by atoms with Crippen LogP contribution in [0.5, 0.6) is 5.75 Å². The van der Waals surface area contributed by atoms with Crippen molar-refractivity contribution in [3.63, 3.8) is 0 Å². The van der Waals surface area contributed by atoms with E-state index in [1.165, 1.54) is 0 Å². The molecule has 1 aromatic carbocycles. The Hall–Kier alpha value is -2.89. The number of rotatable bonds is 6. The first-order chi connectivity index (χ1) is 12.9. The molecule has 0 saturated carbocycles. The van der Waals surface area contributed by atoms with E-state index in [4.69, 9.17) is 4.74 Å². The highest BCUT2D eigenvalue weighted by molar-refractivity contribution is 6.09. The van der Waals surface area contributed by atoms with E-state index in [1.807, 2.05) is 49.5 Å². The predicted molar refractivity (Wildman–Crippen MR) is 105 cm³/mol. The van der Waals surface area contributed by atoms with E-state index >= 15 is 0 Å². The molecule has 142 valence electrons. The molecule has 2 amide bonds. The number of hydrogen-bond acceptors (Lipinski definition) is 4. The number of nitrogens with one attached hydrogen (secondary N) is 1. The molecule has 0 radical (unpaired) electrons. The zero-order valence-electron chi connectivity index (χ0n) is 16.0. The summed E-state index contributed by atoms with van der Waals surface area (Å²) in [6.45, 7) is 4.25. The van der Waals surface area contributed by atoms with Crippen molar-refractivity contribution in [3.05, 3.63) is 53.8 Å². The number of amides is 2. The molecule has 0 aliphatic carbocycles. The molecule has 2 aliphatic heterocycles. The maximum absolute atomic E-state index is 12.9. The Bertz CT molecular complexity index is 841. The zero-order valence-corrected chi connectivity index (χ0v) is 16.0. The summed E-state index contributed by atoms with van der Waals surface area (Å²) in [5, 5.41) is 2.98. The monoisotopic (exact) mass is 367 g/mol. The molecular weight excluding hydrogens is 342 g/mol. The molecule has 6 heteroatoms. The number of nitrogens with zero attached hydrogens (tertiary/aromatic N) is 2. The third kappa shape index (κ3) is 3.94. The van der Waals surface area contributed by atoms with E-state index < -0.39 is 5.54 Å². The Kier molecular flexibility index (Phi) is 5.44. The first-order valence-electron chi connectivity index (χ1n) is 9.11. The predicted octanol–water partition coefficient (Wildman–Crippen LogP) is 2.61. The SMILES string of the molecule is COc1ccccc1CCCNC(=O)[C@@]1(C)CC(=O)N=C2C=C(C)C=CN21. The molecule has 0 fully saturated rings. The van der Waals surface area contributed by atoms with Crippen LogP contribution in [-0.2, 0) is 16.0 Å². The molecule has 2 heterocycles. The second kappa shape index (κ2) is 7.78. The van der Waals surface area contributed by atoms with Crippen LogP contribution in [0.1, 0.15) is 32.3 Å². The van der Waals surface area contributed by atoms with E-state index in [2.05, 4.69) is 10.3 Å². The van der Waals surface area contributed by atoms with Gasteiger partial charge in [-0.3, -0.25) is 9.59 Å². The Morgan fingerprint density at radius 2 is 2.15 bits per heavy atom. The molecule has 0 saturated heterocycles. The van der Waals surface area contributed by atoms with Crippen LogP contribution in [-0.4, -0.2) is 41.7 Å². The fourth-order valence-corrected chi connectivity index (χ4v) is 3.41. The molecule has 1 atom stereocenters. The number of carbonyl (C=O) groups is 2. The lowest BCUT2D eigenvalue weighted by molar-refractivity contribution is -0.134. The molecule has 3 rings (SSSR count). The third-order valence-corrected chi connectivity index (χ3v) is 4.95. The summed E-state index contributed by atoms with van der Waals surface area (Å²) < 4.78 is 5.36. The lowest BCUT2D eigenvalue weighted by atomic mass is 9.90. The van der Waals surface area contributed by atoms with Gasteiger partial charge in [-0.05, 0) is 56.0 Å². The molecule has 0 unspecified atom stereocenters. The standard InChI is InChI=1S/C21H25N3O3/c1-15-10-12-24-18(13-15)23-19(25)14-21(24,2)20(26)22-11-6-8-16-7-4-5-9-17(16)27-3/h4-5,7,9-10,12-13H,6,8,11,14H2,1-3H3,(H,22,26)/t21-/m1/s1. The molecule has 27 heavy (non-hydrogen) atoms. The second-order valence-electron chi connectivity index (χ2n) is 7.06. The van der Waals surface area contributed by atoms with Gasteiger partial charge in [-0.25, -0.2) is 0 Å². The van der Waals surface area contributed by atoms with Gasteiger partial charge in [-0.15, -0.1) is 0 Å². The summed E-state index contributed by atoms with van der Waals surface area (Å²) in [5.41, 5.74) is 1.15. The largest absolute Gasteiger partial charge is 0.496 e. The van der Waals surface area contributed by atoms with Gasteiger partial charge >= 0.3 is 0 Å². The number of allylic oxidation sites excluding steroid dienone is 2. The highest BCUT2D eigenvalue weighted by Crippen LogP contribution is 2.29. The average Bonchev–Trinajstić information content (AvgIpc) is 2.64. The normalized spacial score (nSPS) is 21.3. The van der Waals surface area contributed by atoms with Crippen LogP contribution in [0.2, 0.25) is 0 Å². The van der Waals surface area contributed by atoms with Crippen molar-refractivity contribution in [1.82, 2.24) is 10.2 Å². The lowest BCUT2D eigenvalue weighted by Gasteiger charge is -2.42. The van der Waals surface area contributed by atoms with Crippen LogP contribution in [0.3, 0.4) is 0 Å². The number of para-hydroxylation sites is 1. The number of aryl methyl sites for hydroxylation is 1. The van der Waals surface area contributed by atoms with Crippen LogP contribution in [0, 0.1) is 0 Å². The van der Waals surface area contributed by atoms with Crippen molar-refractivity contribution in [1.29, 1.82) is 0 Å². The van der Waals surface area contributed by atoms with E-state index in [9.17, 15) is 9.59 Å². The number of amidine groups is 1. The fourth-order valence-electron chi connectivity index (χ4n) is 3.41. The van der Waals surface area contributed by atoms with Crippen LogP contribution < -0.4 is 10.1 Å². The smallest absolute Gasteiger partial charge is 0.250 e. The zero-order chi connectivity index (χ0) is 19.4. The summed E-state index contributed by atoms with van der Waals surface area (Å²) in [7, 11) is 1.66. The molecule has 6 nitrogen and oxygen atoms in total. The summed E-state index contributed by atoms with van der Waals surface area (Å²) >= 11 is 0. The Morgan fingerprint density at radius 3 is 2.93 bits per heavy atom. The molecule has 1 N–H and O–H groups in total. The van der Waals surface area contributed by atoms with E-state index in [0.29, 0.717) is 12.4 Å². The van der Waals surface area contributed by atoms with Crippen molar-refractivity contribution in [2.24, 2.45) is 4.99 Å². The van der Waals surface area contributed by atoms with Crippen molar-refractivity contribution in [3.8, 4) is 5.75 Å². The van der Waals surface area contributed by atoms with Crippen LogP contribution in [0.25, 0.3) is 0 Å². The van der Waals surface area contributed by atoms with Gasteiger partial charge in [0.15, 0.2) is 0 Å². The second-order valence-corrected chi connectivity index (χ2v) is 7.06. The highest BCUT2D eigenvalue weighted by Gasteiger charge is 2.45. The van der Waals surface area contributed by atoms with Gasteiger partial charge in [0.2, 0.25) is 5.91 Å². The quantitative estimate of drug-likeness (QED) is 0.785. The number of benzene rings is 1. The minimum absolute atomic E-state index is 0.0616. The number of methoxy groups -OCH3 is 1. The maximum atomic E-state index is 12.9. The van der Waals surface area contributed by atoms with E-state index in [1.54, 1.807) is 18.9 Å². The van der Waals surface area contributed by atoms with Gasteiger partial charge in [0, 0.05) is 12.7 Å². The van der Waals surface area contributed by atoms with Gasteiger partial charge in [0.25, 0.3) is 5.91 Å². The van der Waals surface area contributed by atoms with Crippen molar-refractivity contribution in [2.75, 3.05) is 13.7 Å². The Labute approximate surface area is 159 Å². The van der Waals surface area contributed by atoms with Gasteiger partial charge in [-0.2, -0.15) is 4.99 Å². The van der Waals surface area contributed by atoms with Gasteiger partial charge in [0.1, 0.15) is 17.1 Å². The van der Waals surface area contributed by atoms with Crippen LogP contribution in [0.15, 0.2) is 53.2 Å². The molecule has 0 aromatic heterocycles. The maximum Gasteiger partial charge on any atom is 0.250 e. The number of fused-ring (bicyclic) bond motifs is 1. The number of hydrogen-bond donors (Lipinski definition) is 1. The summed E-state index contributed by atoms with van der Waals surface area (Å²) in [4.78, 5) is 30.8. The van der Waals surface area contributed by atoms with Gasteiger partial charge in [-0.1, -0.05) is 18.2 Å². The molecule has 0 bridgehead atoms. The topological polar surface area (TPSA) is 71.0 Å². The number of aliphatic imine (C=N–C) groups is 1. The fraction of sp³-hybridized carbons (Fsp3) is 0.381. The Morgan fingerprint density at radius 1 is 1.37 bits per heavy atom. The average molecular weight is 367 g/mol.